The van der Waals surface area contributed by atoms with Crippen molar-refractivity contribution in [3.8, 4) is 0 Å². The Morgan fingerprint density at radius 1 is 1.69 bits per heavy atom. The maximum atomic E-state index is 11.2. The van der Waals surface area contributed by atoms with Crippen molar-refractivity contribution in [2.45, 2.75) is 32.2 Å². The Labute approximate surface area is 94.8 Å². The monoisotopic (exact) mass is 217 g/mol. The van der Waals surface area contributed by atoms with Crippen molar-refractivity contribution in [1.29, 1.82) is 0 Å². The molecule has 16 heavy (non-hydrogen) atoms. The molecule has 1 unspecified atom stereocenters. The number of aromatic nitrogens is 2. The second kappa shape index (κ2) is 4.43. The van der Waals surface area contributed by atoms with Crippen molar-refractivity contribution in [3.63, 3.8) is 0 Å². The second-order valence-corrected chi connectivity index (χ2v) is 4.04. The van der Waals surface area contributed by atoms with Gasteiger partial charge in [-0.3, -0.25) is 4.79 Å². The molecule has 1 heterocycles. The van der Waals surface area contributed by atoms with E-state index >= 15 is 0 Å². The molecule has 1 aromatic rings. The van der Waals surface area contributed by atoms with E-state index in [0.717, 1.165) is 36.3 Å². The molecule has 0 aromatic carbocycles. The van der Waals surface area contributed by atoms with Crippen molar-refractivity contribution >= 4 is 5.91 Å². The van der Waals surface area contributed by atoms with Gasteiger partial charge in [-0.1, -0.05) is 6.58 Å². The van der Waals surface area contributed by atoms with Crippen LogP contribution in [-0.2, 0) is 17.6 Å². The van der Waals surface area contributed by atoms with Crippen molar-refractivity contribution in [2.24, 2.45) is 0 Å². The van der Waals surface area contributed by atoms with Crippen LogP contribution < -0.4 is 5.32 Å². The second-order valence-electron chi connectivity index (χ2n) is 4.04. The van der Waals surface area contributed by atoms with Crippen LogP contribution in [-0.4, -0.2) is 21.9 Å². The minimum Gasteiger partial charge on any atom is -0.349 e. The average molecular weight is 217 g/mol. The van der Waals surface area contributed by atoms with Gasteiger partial charge >= 0.3 is 0 Å². The van der Waals surface area contributed by atoms with Crippen molar-refractivity contribution in [2.75, 3.05) is 0 Å². The molecular formula is C12H15N3O. The summed E-state index contributed by atoms with van der Waals surface area (Å²) in [5.41, 5.74) is 2.27. The van der Waals surface area contributed by atoms with Crippen LogP contribution in [0.25, 0.3) is 0 Å². The first-order chi connectivity index (χ1) is 7.69. The topological polar surface area (TPSA) is 54.9 Å². The zero-order chi connectivity index (χ0) is 11.5. The molecule has 1 aliphatic carbocycles. The van der Waals surface area contributed by atoms with Crippen molar-refractivity contribution < 1.29 is 4.79 Å². The van der Waals surface area contributed by atoms with Crippen LogP contribution >= 0.6 is 0 Å². The van der Waals surface area contributed by atoms with Gasteiger partial charge in [-0.15, -0.1) is 0 Å². The molecular weight excluding hydrogens is 202 g/mol. The molecule has 0 radical (unpaired) electrons. The van der Waals surface area contributed by atoms with Crippen molar-refractivity contribution in [3.05, 3.63) is 35.9 Å². The van der Waals surface area contributed by atoms with Gasteiger partial charge in [0.15, 0.2) is 0 Å². The van der Waals surface area contributed by atoms with Gasteiger partial charge in [0.25, 0.3) is 0 Å². The number of nitrogens with one attached hydrogen (secondary N) is 1. The fourth-order valence-corrected chi connectivity index (χ4v) is 1.99. The van der Waals surface area contributed by atoms with Crippen LogP contribution in [0.5, 0.6) is 0 Å². The number of fused-ring (bicyclic) bond motifs is 1. The predicted molar refractivity (Wildman–Crippen MR) is 60.9 cm³/mol. The summed E-state index contributed by atoms with van der Waals surface area (Å²) in [7, 11) is 0. The fourth-order valence-electron chi connectivity index (χ4n) is 1.99. The van der Waals surface area contributed by atoms with Crippen LogP contribution in [0.4, 0.5) is 0 Å². The van der Waals surface area contributed by atoms with Crippen LogP contribution in [0.3, 0.4) is 0 Å². The molecule has 0 saturated heterocycles. The Balaban J connectivity index is 2.09. The third-order valence-electron chi connectivity index (χ3n) is 2.80. The first-order valence-corrected chi connectivity index (χ1v) is 5.43. The summed E-state index contributed by atoms with van der Waals surface area (Å²) in [5, 5.41) is 2.91. The van der Waals surface area contributed by atoms with Crippen molar-refractivity contribution in [1.82, 2.24) is 15.3 Å². The van der Waals surface area contributed by atoms with E-state index in [-0.39, 0.29) is 11.9 Å². The van der Waals surface area contributed by atoms with Gasteiger partial charge in [0.05, 0.1) is 0 Å². The molecule has 1 atom stereocenters. The summed E-state index contributed by atoms with van der Waals surface area (Å²) in [4.78, 5) is 19.8. The van der Waals surface area contributed by atoms with Crippen LogP contribution in [0.15, 0.2) is 18.9 Å². The van der Waals surface area contributed by atoms with E-state index in [1.165, 1.54) is 6.08 Å². The van der Waals surface area contributed by atoms with Gasteiger partial charge in [-0.05, 0) is 37.8 Å². The van der Waals surface area contributed by atoms with Gasteiger partial charge in [0.1, 0.15) is 5.82 Å². The maximum absolute atomic E-state index is 11.2. The van der Waals surface area contributed by atoms with E-state index in [9.17, 15) is 4.79 Å². The largest absolute Gasteiger partial charge is 0.349 e. The third-order valence-corrected chi connectivity index (χ3v) is 2.80. The van der Waals surface area contributed by atoms with E-state index in [0.29, 0.717) is 0 Å². The normalized spacial score (nSPS) is 18.7. The smallest absolute Gasteiger partial charge is 0.243 e. The quantitative estimate of drug-likeness (QED) is 0.750. The zero-order valence-electron chi connectivity index (χ0n) is 9.36. The van der Waals surface area contributed by atoms with Gasteiger partial charge < -0.3 is 5.32 Å². The molecule has 0 saturated carbocycles. The number of aryl methyl sites for hydroxylation is 2. The number of carbonyl (C=O) groups is 1. The summed E-state index contributed by atoms with van der Waals surface area (Å²) < 4.78 is 0. The highest BCUT2D eigenvalue weighted by Gasteiger charge is 2.20. The Morgan fingerprint density at radius 2 is 2.50 bits per heavy atom. The first-order valence-electron chi connectivity index (χ1n) is 5.43. The summed E-state index contributed by atoms with van der Waals surface area (Å²) in [6.45, 7) is 5.34. The first kappa shape index (κ1) is 10.8. The summed E-state index contributed by atoms with van der Waals surface area (Å²) in [6, 6.07) is 0.185. The Hall–Kier alpha value is -1.71. The highest BCUT2D eigenvalue weighted by Crippen LogP contribution is 2.18. The molecule has 0 fully saturated rings. The minimum absolute atomic E-state index is 0.110. The maximum Gasteiger partial charge on any atom is 0.243 e. The van der Waals surface area contributed by atoms with Gasteiger partial charge in [-0.25, -0.2) is 9.97 Å². The predicted octanol–water partition coefficient (Wildman–Crippen LogP) is 0.945. The Morgan fingerprint density at radius 3 is 3.25 bits per heavy atom. The van der Waals surface area contributed by atoms with Gasteiger partial charge in [0.2, 0.25) is 5.91 Å². The number of carbonyl (C=O) groups excluding carboxylic acids is 1. The average Bonchev–Trinajstić information content (AvgIpc) is 2.29. The van der Waals surface area contributed by atoms with E-state index in [1.54, 1.807) is 0 Å². The third kappa shape index (κ3) is 2.27. The van der Waals surface area contributed by atoms with Crippen LogP contribution in [0, 0.1) is 6.92 Å². The number of rotatable bonds is 2. The van der Waals surface area contributed by atoms with Gasteiger partial charge in [0, 0.05) is 17.9 Å². The molecule has 0 aliphatic heterocycles. The van der Waals surface area contributed by atoms with E-state index < -0.39 is 0 Å². The lowest BCUT2D eigenvalue weighted by Gasteiger charge is -2.24. The fraction of sp³-hybridized carbons (Fsp3) is 0.417. The van der Waals surface area contributed by atoms with E-state index in [4.69, 9.17) is 0 Å². The zero-order valence-corrected chi connectivity index (χ0v) is 9.36. The molecule has 0 bridgehead atoms. The summed E-state index contributed by atoms with van der Waals surface area (Å²) in [5.74, 6) is 0.703. The van der Waals surface area contributed by atoms with Gasteiger partial charge in [-0.2, -0.15) is 0 Å². The Bertz CT molecular complexity index is 428. The lowest BCUT2D eigenvalue weighted by molar-refractivity contribution is -0.117. The standard InChI is InChI=1S/C12H15N3O/c1-3-12(16)15-10-4-5-11-9(6-10)7-13-8(2)14-11/h3,7,10H,1,4-6H2,2H3,(H,15,16). The molecule has 1 aliphatic rings. The minimum atomic E-state index is -0.110. The molecule has 4 nitrogen and oxygen atoms in total. The Kier molecular flexibility index (Phi) is 2.99. The highest BCUT2D eigenvalue weighted by atomic mass is 16.1. The van der Waals surface area contributed by atoms with Crippen LogP contribution in [0.2, 0.25) is 0 Å². The molecule has 0 spiro atoms. The molecule has 2 rings (SSSR count). The lowest BCUT2D eigenvalue weighted by Crippen LogP contribution is -2.38. The molecule has 1 N–H and O–H groups in total. The number of hydrogen-bond donors (Lipinski definition) is 1. The summed E-state index contributed by atoms with van der Waals surface area (Å²) in [6.07, 6.45) is 5.82. The number of amides is 1. The van der Waals surface area contributed by atoms with E-state index in [2.05, 4.69) is 21.9 Å². The lowest BCUT2D eigenvalue weighted by atomic mass is 9.93. The molecule has 1 amide bonds. The summed E-state index contributed by atoms with van der Waals surface area (Å²) >= 11 is 0. The number of nitrogens with zero attached hydrogens (tertiary/aromatic N) is 2. The SMILES string of the molecule is C=CC(=O)NC1CCc2nc(C)ncc2C1. The molecule has 84 valence electrons. The van der Waals surface area contributed by atoms with Crippen LogP contribution in [0.1, 0.15) is 23.5 Å². The van der Waals surface area contributed by atoms with E-state index in [1.807, 2.05) is 13.1 Å². The molecule has 4 heteroatoms. The molecule has 1 aromatic heterocycles. The number of hydrogen-bond acceptors (Lipinski definition) is 3. The highest BCUT2D eigenvalue weighted by molar-refractivity contribution is 5.87.